The topological polar surface area (TPSA) is 44.0 Å². The van der Waals surface area contributed by atoms with Crippen molar-refractivity contribution in [1.29, 1.82) is 0 Å². The van der Waals surface area contributed by atoms with E-state index < -0.39 is 0 Å². The molecule has 0 amide bonds. The van der Waals surface area contributed by atoms with Crippen LogP contribution in [0.5, 0.6) is 0 Å². The van der Waals surface area contributed by atoms with Gasteiger partial charge in [0.1, 0.15) is 0 Å². The van der Waals surface area contributed by atoms with Crippen molar-refractivity contribution in [3.8, 4) is 0 Å². The van der Waals surface area contributed by atoms with Gasteiger partial charge in [0.05, 0.1) is 12.0 Å². The molecule has 15 heavy (non-hydrogen) atoms. The molecule has 1 aliphatic carbocycles. The van der Waals surface area contributed by atoms with Gasteiger partial charge >= 0.3 is 0 Å². The van der Waals surface area contributed by atoms with E-state index in [2.05, 4.69) is 20.2 Å². The third kappa shape index (κ3) is 1.79. The summed E-state index contributed by atoms with van der Waals surface area (Å²) in [5.74, 6) is 0. The van der Waals surface area contributed by atoms with Crippen molar-refractivity contribution in [3.63, 3.8) is 0 Å². The van der Waals surface area contributed by atoms with Gasteiger partial charge < -0.3 is 10.3 Å². The Morgan fingerprint density at radius 2 is 2.20 bits per heavy atom. The molecule has 1 unspecified atom stereocenters. The fraction of sp³-hybridized carbons (Fsp3) is 0.727. The lowest BCUT2D eigenvalue weighted by Gasteiger charge is -2.36. The smallest absolute Gasteiger partial charge is 0.0925 e. The number of aromatic nitrogens is 2. The SMILES string of the molecule is c1nc2c([nH]1)CC(N1CCNCC1)CC2. The van der Waals surface area contributed by atoms with Crippen LogP contribution in [0.2, 0.25) is 0 Å². The molecule has 1 aromatic heterocycles. The summed E-state index contributed by atoms with van der Waals surface area (Å²) in [6.07, 6.45) is 5.42. The number of H-pyrrole nitrogens is 1. The van der Waals surface area contributed by atoms with Crippen LogP contribution < -0.4 is 5.32 Å². The largest absolute Gasteiger partial charge is 0.348 e. The van der Waals surface area contributed by atoms with E-state index in [0.29, 0.717) is 0 Å². The normalized spacial score (nSPS) is 27.6. The predicted molar refractivity (Wildman–Crippen MR) is 58.8 cm³/mol. The predicted octanol–water partition coefficient (Wildman–Crippen LogP) is 0.172. The molecule has 0 spiro atoms. The number of rotatable bonds is 1. The Balaban J connectivity index is 1.69. The van der Waals surface area contributed by atoms with E-state index in [1.165, 1.54) is 30.9 Å². The molecular formula is C11H18N4. The monoisotopic (exact) mass is 206 g/mol. The number of aryl methyl sites for hydroxylation is 1. The lowest BCUT2D eigenvalue weighted by Crippen LogP contribution is -2.50. The van der Waals surface area contributed by atoms with E-state index in [-0.39, 0.29) is 0 Å². The Kier molecular flexibility index (Phi) is 2.46. The molecule has 0 bridgehead atoms. The zero-order valence-corrected chi connectivity index (χ0v) is 9.00. The Morgan fingerprint density at radius 3 is 3.07 bits per heavy atom. The van der Waals surface area contributed by atoms with Crippen LogP contribution >= 0.6 is 0 Å². The molecule has 1 atom stereocenters. The number of aromatic amines is 1. The summed E-state index contributed by atoms with van der Waals surface area (Å²) in [6, 6.07) is 0.736. The van der Waals surface area contributed by atoms with E-state index in [4.69, 9.17) is 0 Å². The van der Waals surface area contributed by atoms with Gasteiger partial charge in [0.25, 0.3) is 0 Å². The Bertz CT molecular complexity index is 327. The number of imidazole rings is 1. The molecule has 1 aromatic rings. The van der Waals surface area contributed by atoms with Gasteiger partial charge in [0.15, 0.2) is 0 Å². The first-order chi connectivity index (χ1) is 7.43. The van der Waals surface area contributed by atoms with Gasteiger partial charge in [-0.1, -0.05) is 0 Å². The van der Waals surface area contributed by atoms with E-state index in [0.717, 1.165) is 32.0 Å². The minimum Gasteiger partial charge on any atom is -0.348 e. The minimum atomic E-state index is 0.736. The number of nitrogens with one attached hydrogen (secondary N) is 2. The van der Waals surface area contributed by atoms with E-state index in [1.54, 1.807) is 0 Å². The van der Waals surface area contributed by atoms with Gasteiger partial charge in [-0.15, -0.1) is 0 Å². The van der Waals surface area contributed by atoms with Gasteiger partial charge in [0.2, 0.25) is 0 Å². The highest BCUT2D eigenvalue weighted by molar-refractivity contribution is 5.16. The number of fused-ring (bicyclic) bond motifs is 1. The second-order valence-corrected chi connectivity index (χ2v) is 4.51. The van der Waals surface area contributed by atoms with Crippen molar-refractivity contribution in [2.45, 2.75) is 25.3 Å². The summed E-state index contributed by atoms with van der Waals surface area (Å²) < 4.78 is 0. The van der Waals surface area contributed by atoms with Crippen LogP contribution in [0.1, 0.15) is 17.8 Å². The summed E-state index contributed by atoms with van der Waals surface area (Å²) in [7, 11) is 0. The molecule has 1 saturated heterocycles. The molecular weight excluding hydrogens is 188 g/mol. The van der Waals surface area contributed by atoms with Crippen LogP contribution in [0.3, 0.4) is 0 Å². The van der Waals surface area contributed by atoms with Crippen molar-refractivity contribution in [2.24, 2.45) is 0 Å². The lowest BCUT2D eigenvalue weighted by atomic mass is 9.94. The first-order valence-electron chi connectivity index (χ1n) is 5.89. The maximum Gasteiger partial charge on any atom is 0.0925 e. The van der Waals surface area contributed by atoms with Crippen molar-refractivity contribution in [2.75, 3.05) is 26.2 Å². The van der Waals surface area contributed by atoms with Gasteiger partial charge in [-0.2, -0.15) is 0 Å². The molecule has 3 rings (SSSR count). The highest BCUT2D eigenvalue weighted by Crippen LogP contribution is 2.21. The zero-order valence-electron chi connectivity index (χ0n) is 9.00. The highest BCUT2D eigenvalue weighted by Gasteiger charge is 2.26. The van der Waals surface area contributed by atoms with Gasteiger partial charge in [0, 0.05) is 44.3 Å². The minimum absolute atomic E-state index is 0.736. The standard InChI is InChI=1S/C11H18N4/c1-2-10-11(14-8-13-10)7-9(1)15-5-3-12-4-6-15/h8-9,12H,1-7H2,(H,13,14). The first-order valence-corrected chi connectivity index (χ1v) is 5.89. The first kappa shape index (κ1) is 9.36. The molecule has 4 heteroatoms. The molecule has 2 N–H and O–H groups in total. The second-order valence-electron chi connectivity index (χ2n) is 4.51. The maximum atomic E-state index is 4.35. The van der Waals surface area contributed by atoms with Gasteiger partial charge in [-0.25, -0.2) is 4.98 Å². The molecule has 2 aliphatic rings. The highest BCUT2D eigenvalue weighted by atomic mass is 15.2. The Labute approximate surface area is 90.1 Å². The molecule has 0 radical (unpaired) electrons. The number of piperazine rings is 1. The molecule has 0 saturated carbocycles. The van der Waals surface area contributed by atoms with Crippen molar-refractivity contribution >= 4 is 0 Å². The van der Waals surface area contributed by atoms with Crippen LogP contribution in [0.25, 0.3) is 0 Å². The summed E-state index contributed by atoms with van der Waals surface area (Å²) >= 11 is 0. The third-order valence-corrected chi connectivity index (χ3v) is 3.63. The molecule has 1 fully saturated rings. The number of nitrogens with zero attached hydrogens (tertiary/aromatic N) is 2. The quantitative estimate of drug-likeness (QED) is 0.688. The van der Waals surface area contributed by atoms with Crippen LogP contribution in [-0.4, -0.2) is 47.1 Å². The third-order valence-electron chi connectivity index (χ3n) is 3.63. The Morgan fingerprint density at radius 1 is 1.33 bits per heavy atom. The Hall–Kier alpha value is -0.870. The molecule has 2 heterocycles. The van der Waals surface area contributed by atoms with E-state index in [1.807, 2.05) is 6.33 Å². The van der Waals surface area contributed by atoms with Crippen LogP contribution in [0.4, 0.5) is 0 Å². The number of hydrogen-bond donors (Lipinski definition) is 2. The molecule has 4 nitrogen and oxygen atoms in total. The van der Waals surface area contributed by atoms with Crippen molar-refractivity contribution < 1.29 is 0 Å². The number of hydrogen-bond acceptors (Lipinski definition) is 3. The summed E-state index contributed by atoms with van der Waals surface area (Å²) in [5, 5.41) is 3.41. The van der Waals surface area contributed by atoms with Gasteiger partial charge in [-0.05, 0) is 12.8 Å². The van der Waals surface area contributed by atoms with Crippen LogP contribution in [0, 0.1) is 0 Å². The van der Waals surface area contributed by atoms with Crippen molar-refractivity contribution in [1.82, 2.24) is 20.2 Å². The summed E-state index contributed by atoms with van der Waals surface area (Å²) in [5.41, 5.74) is 2.66. The maximum absolute atomic E-state index is 4.35. The van der Waals surface area contributed by atoms with Crippen molar-refractivity contribution in [3.05, 3.63) is 17.7 Å². The molecule has 82 valence electrons. The fourth-order valence-corrected chi connectivity index (χ4v) is 2.74. The summed E-state index contributed by atoms with van der Waals surface area (Å²) in [6.45, 7) is 4.70. The zero-order chi connectivity index (χ0) is 10.1. The van der Waals surface area contributed by atoms with Gasteiger partial charge in [-0.3, -0.25) is 4.90 Å². The van der Waals surface area contributed by atoms with Crippen LogP contribution in [0.15, 0.2) is 6.33 Å². The summed E-state index contributed by atoms with van der Waals surface area (Å²) in [4.78, 5) is 10.2. The second kappa shape index (κ2) is 3.94. The van der Waals surface area contributed by atoms with E-state index >= 15 is 0 Å². The van der Waals surface area contributed by atoms with Crippen LogP contribution in [-0.2, 0) is 12.8 Å². The fourth-order valence-electron chi connectivity index (χ4n) is 2.74. The molecule has 0 aromatic carbocycles. The average molecular weight is 206 g/mol. The van der Waals surface area contributed by atoms with E-state index in [9.17, 15) is 0 Å². The average Bonchev–Trinajstić information content (AvgIpc) is 2.77. The lowest BCUT2D eigenvalue weighted by molar-refractivity contribution is 0.158. The molecule has 1 aliphatic heterocycles.